The predicted molar refractivity (Wildman–Crippen MR) is 130 cm³/mol. The van der Waals surface area contributed by atoms with Crippen molar-refractivity contribution in [2.75, 3.05) is 29.9 Å². The maximum atomic E-state index is 9.49. The van der Waals surface area contributed by atoms with Gasteiger partial charge in [0.25, 0.3) is 0 Å². The fourth-order valence-corrected chi connectivity index (χ4v) is 5.00. The van der Waals surface area contributed by atoms with Gasteiger partial charge >= 0.3 is 0 Å². The number of rotatable bonds is 6. The first-order valence-corrected chi connectivity index (χ1v) is 11.8. The van der Waals surface area contributed by atoms with E-state index in [2.05, 4.69) is 69.2 Å². The van der Waals surface area contributed by atoms with Crippen LogP contribution in [0.25, 0.3) is 5.65 Å². The Balaban J connectivity index is 1.25. The average Bonchev–Trinajstić information content (AvgIpc) is 3.48. The quantitative estimate of drug-likeness (QED) is 0.463. The van der Waals surface area contributed by atoms with E-state index < -0.39 is 0 Å². The summed E-state index contributed by atoms with van der Waals surface area (Å²) in [4.78, 5) is 7.06. The Labute approximate surface area is 198 Å². The molecule has 0 atom stereocenters. The molecule has 1 aromatic carbocycles. The molecule has 9 nitrogen and oxygen atoms in total. The van der Waals surface area contributed by atoms with Gasteiger partial charge in [0.2, 0.25) is 5.95 Å². The second kappa shape index (κ2) is 8.15. The number of anilines is 3. The van der Waals surface area contributed by atoms with Crippen LogP contribution in [0, 0.1) is 11.3 Å². The lowest BCUT2D eigenvalue weighted by Crippen LogP contribution is -2.63. The van der Waals surface area contributed by atoms with Crippen molar-refractivity contribution in [3.8, 4) is 6.07 Å². The largest absolute Gasteiger partial charge is 0.363 e. The number of hydrogen-bond donors (Lipinski definition) is 2. The van der Waals surface area contributed by atoms with Gasteiger partial charge in [-0.25, -0.2) is 4.52 Å². The molecule has 0 amide bonds. The molecule has 1 fully saturated rings. The fourth-order valence-electron chi connectivity index (χ4n) is 5.00. The van der Waals surface area contributed by atoms with Gasteiger partial charge < -0.3 is 15.5 Å². The highest BCUT2D eigenvalue weighted by molar-refractivity contribution is 5.72. The molecule has 0 unspecified atom stereocenters. The number of aryl methyl sites for hydroxylation is 1. The monoisotopic (exact) mass is 453 g/mol. The van der Waals surface area contributed by atoms with E-state index in [1.165, 1.54) is 16.7 Å². The van der Waals surface area contributed by atoms with Crippen LogP contribution >= 0.6 is 0 Å². The number of hydrogen-bond acceptors (Lipinski definition) is 7. The molecule has 6 rings (SSSR count). The molecular weight excluding hydrogens is 426 g/mol. The van der Waals surface area contributed by atoms with Crippen molar-refractivity contribution in [3.63, 3.8) is 0 Å². The van der Waals surface area contributed by atoms with Crippen LogP contribution in [0.3, 0.4) is 0 Å². The second-order valence-electron chi connectivity index (χ2n) is 9.19. The van der Waals surface area contributed by atoms with Crippen LogP contribution in [0.5, 0.6) is 0 Å². The minimum Gasteiger partial charge on any atom is -0.363 e. The molecule has 0 radical (unpaired) electrons. The standard InChI is InChI=1S/C25H27N9/c1-2-18-13-28-34(15-18)25(8-9-26)16-32(17-25)22-4-3-11-33-23(22)30-24(31-33)29-21-6-5-20-14-27-10-7-19(20)12-21/h3-6,11-13,15,27H,2,7-8,10,14,16-17H2,1H3,(H,29,31). The summed E-state index contributed by atoms with van der Waals surface area (Å²) < 4.78 is 3.79. The van der Waals surface area contributed by atoms with Crippen molar-refractivity contribution >= 4 is 23.0 Å². The summed E-state index contributed by atoms with van der Waals surface area (Å²) in [5.41, 5.74) is 6.40. The van der Waals surface area contributed by atoms with Gasteiger partial charge in [-0.1, -0.05) is 13.0 Å². The van der Waals surface area contributed by atoms with E-state index in [1.54, 1.807) is 0 Å². The van der Waals surface area contributed by atoms with Crippen LogP contribution in [0.15, 0.2) is 48.9 Å². The van der Waals surface area contributed by atoms with Gasteiger partial charge in [-0.05, 0) is 60.3 Å². The van der Waals surface area contributed by atoms with Crippen LogP contribution < -0.4 is 15.5 Å². The first kappa shape index (κ1) is 20.7. The van der Waals surface area contributed by atoms with Gasteiger partial charge in [-0.3, -0.25) is 4.68 Å². The topological polar surface area (TPSA) is 99.1 Å². The SMILES string of the molecule is CCc1cnn(C2(CC#N)CN(c3cccn4nc(Nc5ccc6c(c5)CCNC6)nc34)C2)c1. The summed E-state index contributed by atoms with van der Waals surface area (Å²) in [7, 11) is 0. The lowest BCUT2D eigenvalue weighted by molar-refractivity contribution is 0.198. The Morgan fingerprint density at radius 3 is 2.97 bits per heavy atom. The summed E-state index contributed by atoms with van der Waals surface area (Å²) in [5, 5.41) is 25.5. The Bertz CT molecular complexity index is 1390. The third kappa shape index (κ3) is 3.47. The highest BCUT2D eigenvalue weighted by Crippen LogP contribution is 2.37. The second-order valence-corrected chi connectivity index (χ2v) is 9.19. The molecule has 0 spiro atoms. The molecule has 0 saturated carbocycles. The highest BCUT2D eigenvalue weighted by Gasteiger charge is 2.46. The van der Waals surface area contributed by atoms with Crippen molar-refractivity contribution in [3.05, 3.63) is 65.6 Å². The number of fused-ring (bicyclic) bond motifs is 2. The summed E-state index contributed by atoms with van der Waals surface area (Å²) in [6.07, 6.45) is 8.27. The molecule has 34 heavy (non-hydrogen) atoms. The lowest BCUT2D eigenvalue weighted by Gasteiger charge is -2.50. The molecule has 5 heterocycles. The van der Waals surface area contributed by atoms with E-state index in [0.717, 1.165) is 43.0 Å². The van der Waals surface area contributed by atoms with Gasteiger partial charge in [-0.15, -0.1) is 5.10 Å². The Kier molecular flexibility index (Phi) is 4.96. The highest BCUT2D eigenvalue weighted by atomic mass is 15.4. The van der Waals surface area contributed by atoms with Crippen LogP contribution in [0.1, 0.15) is 30.0 Å². The zero-order valence-electron chi connectivity index (χ0n) is 19.2. The van der Waals surface area contributed by atoms with E-state index >= 15 is 0 Å². The van der Waals surface area contributed by atoms with Crippen LogP contribution in [0.4, 0.5) is 17.3 Å². The molecular formula is C25H27N9. The van der Waals surface area contributed by atoms with Crippen LogP contribution in [-0.4, -0.2) is 44.0 Å². The van der Waals surface area contributed by atoms with E-state index in [1.807, 2.05) is 27.7 Å². The fraction of sp³-hybridized carbons (Fsp3) is 0.360. The van der Waals surface area contributed by atoms with Crippen molar-refractivity contribution < 1.29 is 0 Å². The number of nitrogens with zero attached hydrogens (tertiary/aromatic N) is 7. The zero-order chi connectivity index (χ0) is 23.1. The molecule has 1 saturated heterocycles. The summed E-state index contributed by atoms with van der Waals surface area (Å²) in [5.74, 6) is 0.574. The molecule has 0 bridgehead atoms. The molecule has 2 aliphatic rings. The van der Waals surface area contributed by atoms with Crippen LogP contribution in [0.2, 0.25) is 0 Å². The number of nitrogens with one attached hydrogen (secondary N) is 2. The molecule has 3 aromatic heterocycles. The van der Waals surface area contributed by atoms with Gasteiger partial charge in [0.1, 0.15) is 5.54 Å². The first-order valence-electron chi connectivity index (χ1n) is 11.8. The van der Waals surface area contributed by atoms with Crippen molar-refractivity contribution in [1.29, 1.82) is 5.26 Å². The van der Waals surface area contributed by atoms with E-state index in [4.69, 9.17) is 4.98 Å². The Morgan fingerprint density at radius 1 is 1.24 bits per heavy atom. The van der Waals surface area contributed by atoms with E-state index in [0.29, 0.717) is 25.5 Å². The number of pyridine rings is 1. The molecule has 2 N–H and O–H groups in total. The molecule has 172 valence electrons. The normalized spacial score (nSPS) is 16.6. The maximum Gasteiger partial charge on any atom is 0.247 e. The first-order chi connectivity index (χ1) is 16.7. The van der Waals surface area contributed by atoms with Gasteiger partial charge in [0.05, 0.1) is 24.4 Å². The molecule has 0 aliphatic carbocycles. The summed E-state index contributed by atoms with van der Waals surface area (Å²) >= 11 is 0. The minimum absolute atomic E-state index is 0.311. The van der Waals surface area contributed by atoms with Crippen LogP contribution in [-0.2, 0) is 24.9 Å². The molecule has 2 aliphatic heterocycles. The maximum absolute atomic E-state index is 9.49. The Morgan fingerprint density at radius 2 is 2.15 bits per heavy atom. The number of nitriles is 1. The lowest BCUT2D eigenvalue weighted by atomic mass is 9.86. The smallest absolute Gasteiger partial charge is 0.247 e. The minimum atomic E-state index is -0.311. The third-order valence-electron chi connectivity index (χ3n) is 6.94. The Hall–Kier alpha value is -3.90. The zero-order valence-corrected chi connectivity index (χ0v) is 19.2. The summed E-state index contributed by atoms with van der Waals surface area (Å²) in [6, 6.07) is 12.9. The van der Waals surface area contributed by atoms with Crippen molar-refractivity contribution in [1.82, 2.24) is 29.7 Å². The van der Waals surface area contributed by atoms with Crippen molar-refractivity contribution in [2.24, 2.45) is 0 Å². The van der Waals surface area contributed by atoms with Crippen molar-refractivity contribution in [2.45, 2.75) is 38.3 Å². The van der Waals surface area contributed by atoms with E-state index in [-0.39, 0.29) is 5.54 Å². The van der Waals surface area contributed by atoms with Gasteiger partial charge in [-0.2, -0.15) is 15.3 Å². The third-order valence-corrected chi connectivity index (χ3v) is 6.94. The summed E-state index contributed by atoms with van der Waals surface area (Å²) in [6.45, 7) is 5.46. The number of benzene rings is 1. The number of aromatic nitrogens is 5. The van der Waals surface area contributed by atoms with Gasteiger partial charge in [0.15, 0.2) is 5.65 Å². The predicted octanol–water partition coefficient (Wildman–Crippen LogP) is 3.01. The average molecular weight is 454 g/mol. The molecule has 4 aromatic rings. The van der Waals surface area contributed by atoms with Gasteiger partial charge in [0, 0.05) is 37.7 Å². The molecule has 9 heteroatoms. The van der Waals surface area contributed by atoms with E-state index in [9.17, 15) is 5.26 Å².